The van der Waals surface area contributed by atoms with Crippen molar-refractivity contribution in [3.63, 3.8) is 0 Å². The van der Waals surface area contributed by atoms with Gasteiger partial charge in [-0.2, -0.15) is 0 Å². The fourth-order valence-corrected chi connectivity index (χ4v) is 1.52. The largest absolute Gasteiger partial charge is 0.356 e. The zero-order chi connectivity index (χ0) is 10.4. The van der Waals surface area contributed by atoms with E-state index in [1.807, 2.05) is 27.7 Å². The molecule has 13 heavy (non-hydrogen) atoms. The summed E-state index contributed by atoms with van der Waals surface area (Å²) >= 11 is 0. The summed E-state index contributed by atoms with van der Waals surface area (Å²) in [6.45, 7) is 10.3. The molecular formula is C10H21NO2. The summed E-state index contributed by atoms with van der Waals surface area (Å²) in [5.74, 6) is 0.113. The highest BCUT2D eigenvalue weighted by Crippen LogP contribution is 2.18. The molecule has 3 nitrogen and oxygen atoms in total. The maximum Gasteiger partial charge on any atom is 0.221 e. The van der Waals surface area contributed by atoms with E-state index in [0.717, 1.165) is 6.42 Å². The van der Waals surface area contributed by atoms with Gasteiger partial charge in [0, 0.05) is 6.92 Å². The van der Waals surface area contributed by atoms with Crippen LogP contribution in [0.25, 0.3) is 0 Å². The first-order valence-electron chi connectivity index (χ1n) is 5.07. The molecule has 2 atom stereocenters. The van der Waals surface area contributed by atoms with Gasteiger partial charge in [0.2, 0.25) is 5.91 Å². The third-order valence-electron chi connectivity index (χ3n) is 2.03. The van der Waals surface area contributed by atoms with Gasteiger partial charge in [-0.15, -0.1) is 0 Å². The molecule has 0 bridgehead atoms. The number of nitrogens with zero attached hydrogens (tertiary/aromatic N) is 1. The molecule has 1 amide bonds. The monoisotopic (exact) mass is 187 g/mol. The molecule has 1 rings (SSSR count). The molecule has 0 saturated carbocycles. The van der Waals surface area contributed by atoms with Crippen molar-refractivity contribution in [2.24, 2.45) is 0 Å². The van der Waals surface area contributed by atoms with Crippen LogP contribution in [-0.4, -0.2) is 29.7 Å². The Balaban J connectivity index is 0.000000671. The van der Waals surface area contributed by atoms with Crippen LogP contribution in [0.2, 0.25) is 0 Å². The van der Waals surface area contributed by atoms with Gasteiger partial charge in [-0.1, -0.05) is 20.8 Å². The Bertz CT molecular complexity index is 159. The summed E-state index contributed by atoms with van der Waals surface area (Å²) in [5.41, 5.74) is 0. The minimum absolute atomic E-state index is 0.0162. The van der Waals surface area contributed by atoms with Crippen molar-refractivity contribution in [2.45, 2.75) is 53.3 Å². The Morgan fingerprint density at radius 2 is 2.08 bits per heavy atom. The Kier molecular flexibility index (Phi) is 5.71. The number of amides is 1. The van der Waals surface area contributed by atoms with E-state index in [2.05, 4.69) is 0 Å². The summed E-state index contributed by atoms with van der Waals surface area (Å²) < 4.78 is 5.39. The Labute approximate surface area is 81.1 Å². The molecule has 1 aliphatic heterocycles. The van der Waals surface area contributed by atoms with Gasteiger partial charge in [0.15, 0.2) is 0 Å². The van der Waals surface area contributed by atoms with Gasteiger partial charge < -0.3 is 9.64 Å². The van der Waals surface area contributed by atoms with E-state index in [-0.39, 0.29) is 18.2 Å². The molecule has 0 aromatic carbocycles. The predicted octanol–water partition coefficient (Wildman–Crippen LogP) is 2.02. The first-order chi connectivity index (χ1) is 6.16. The molecule has 3 heteroatoms. The second-order valence-electron chi connectivity index (χ2n) is 2.97. The highest BCUT2D eigenvalue weighted by atomic mass is 16.5. The quantitative estimate of drug-likeness (QED) is 0.628. The Morgan fingerprint density at radius 1 is 1.54 bits per heavy atom. The molecule has 1 heterocycles. The van der Waals surface area contributed by atoms with E-state index in [9.17, 15) is 4.79 Å². The molecule has 0 aromatic rings. The van der Waals surface area contributed by atoms with Crippen molar-refractivity contribution in [2.75, 3.05) is 6.61 Å². The minimum Gasteiger partial charge on any atom is -0.356 e. The zero-order valence-corrected chi connectivity index (χ0v) is 9.33. The molecule has 1 fully saturated rings. The number of rotatable bonds is 1. The topological polar surface area (TPSA) is 29.5 Å². The predicted molar refractivity (Wildman–Crippen MR) is 53.4 cm³/mol. The highest BCUT2D eigenvalue weighted by molar-refractivity contribution is 5.74. The Morgan fingerprint density at radius 3 is 2.38 bits per heavy atom. The van der Waals surface area contributed by atoms with Crippen LogP contribution in [0.1, 0.15) is 41.0 Å². The zero-order valence-electron chi connectivity index (χ0n) is 9.33. The van der Waals surface area contributed by atoms with Crippen LogP contribution in [0.5, 0.6) is 0 Å². The summed E-state index contributed by atoms with van der Waals surface area (Å²) in [7, 11) is 0. The van der Waals surface area contributed by atoms with Crippen molar-refractivity contribution >= 4 is 5.91 Å². The number of carbonyl (C=O) groups excluding carboxylic acids is 1. The summed E-state index contributed by atoms with van der Waals surface area (Å²) in [6, 6.07) is 0.248. The third-order valence-corrected chi connectivity index (χ3v) is 2.03. The molecule has 0 N–H and O–H groups in total. The van der Waals surface area contributed by atoms with E-state index in [0.29, 0.717) is 6.61 Å². The lowest BCUT2D eigenvalue weighted by atomic mass is 10.3. The van der Waals surface area contributed by atoms with Crippen molar-refractivity contribution in [1.82, 2.24) is 4.90 Å². The fraction of sp³-hybridized carbons (Fsp3) is 0.900. The maximum absolute atomic E-state index is 11.1. The van der Waals surface area contributed by atoms with Crippen molar-refractivity contribution in [1.29, 1.82) is 0 Å². The van der Waals surface area contributed by atoms with Gasteiger partial charge in [-0.05, 0) is 13.3 Å². The summed E-state index contributed by atoms with van der Waals surface area (Å²) in [5, 5.41) is 0. The number of hydrogen-bond donors (Lipinski definition) is 0. The van der Waals surface area contributed by atoms with Crippen molar-refractivity contribution < 1.29 is 9.53 Å². The molecule has 0 spiro atoms. The normalized spacial score (nSPS) is 26.7. The maximum atomic E-state index is 11.1. The second-order valence-corrected chi connectivity index (χ2v) is 2.97. The van der Waals surface area contributed by atoms with Crippen LogP contribution in [0, 0.1) is 0 Å². The van der Waals surface area contributed by atoms with Crippen LogP contribution < -0.4 is 0 Å². The SMILES string of the molecule is CC.CC[C@H]1OC[C@H](C)N1C(C)=O. The molecule has 0 aromatic heterocycles. The van der Waals surface area contributed by atoms with Crippen LogP contribution in [0.15, 0.2) is 0 Å². The van der Waals surface area contributed by atoms with Gasteiger partial charge in [0.25, 0.3) is 0 Å². The van der Waals surface area contributed by atoms with Crippen LogP contribution in [-0.2, 0) is 9.53 Å². The lowest BCUT2D eigenvalue weighted by Crippen LogP contribution is -2.38. The summed E-state index contributed by atoms with van der Waals surface area (Å²) in [4.78, 5) is 12.9. The number of ether oxygens (including phenoxy) is 1. The first-order valence-corrected chi connectivity index (χ1v) is 5.07. The average Bonchev–Trinajstić information content (AvgIpc) is 2.50. The van der Waals surface area contributed by atoms with Gasteiger partial charge in [0.05, 0.1) is 12.6 Å². The first kappa shape index (κ1) is 12.4. The molecule has 0 radical (unpaired) electrons. The van der Waals surface area contributed by atoms with E-state index in [4.69, 9.17) is 4.74 Å². The fourth-order valence-electron chi connectivity index (χ4n) is 1.52. The van der Waals surface area contributed by atoms with Gasteiger partial charge in [-0.3, -0.25) is 4.79 Å². The third kappa shape index (κ3) is 2.99. The smallest absolute Gasteiger partial charge is 0.221 e. The van der Waals surface area contributed by atoms with Crippen LogP contribution in [0.4, 0.5) is 0 Å². The van der Waals surface area contributed by atoms with E-state index in [1.54, 1.807) is 11.8 Å². The molecular weight excluding hydrogens is 166 g/mol. The highest BCUT2D eigenvalue weighted by Gasteiger charge is 2.31. The molecule has 0 aliphatic carbocycles. The minimum atomic E-state index is 0.0162. The average molecular weight is 187 g/mol. The number of hydrogen-bond acceptors (Lipinski definition) is 2. The number of carbonyl (C=O) groups is 1. The molecule has 78 valence electrons. The Hall–Kier alpha value is -0.570. The second kappa shape index (κ2) is 5.97. The van der Waals surface area contributed by atoms with Gasteiger partial charge >= 0.3 is 0 Å². The van der Waals surface area contributed by atoms with Crippen LogP contribution in [0.3, 0.4) is 0 Å². The standard InChI is InChI=1S/C8H15NO2.C2H6/c1-4-8-9(7(3)10)6(2)5-11-8;1-2/h6,8H,4-5H2,1-3H3;1-2H3/t6-,8+;/m0./s1. The van der Waals surface area contributed by atoms with Gasteiger partial charge in [-0.25, -0.2) is 0 Å². The van der Waals surface area contributed by atoms with E-state index < -0.39 is 0 Å². The molecule has 1 aliphatic rings. The lowest BCUT2D eigenvalue weighted by molar-refractivity contribution is -0.135. The van der Waals surface area contributed by atoms with Crippen LogP contribution >= 0.6 is 0 Å². The molecule has 1 saturated heterocycles. The van der Waals surface area contributed by atoms with Crippen molar-refractivity contribution in [3.05, 3.63) is 0 Å². The molecule has 0 unspecified atom stereocenters. The van der Waals surface area contributed by atoms with Crippen molar-refractivity contribution in [3.8, 4) is 0 Å². The van der Waals surface area contributed by atoms with E-state index >= 15 is 0 Å². The van der Waals surface area contributed by atoms with E-state index in [1.165, 1.54) is 0 Å². The summed E-state index contributed by atoms with van der Waals surface area (Å²) in [6.07, 6.45) is 0.895. The lowest BCUT2D eigenvalue weighted by Gasteiger charge is -2.23. The van der Waals surface area contributed by atoms with Gasteiger partial charge in [0.1, 0.15) is 6.23 Å².